The summed E-state index contributed by atoms with van der Waals surface area (Å²) in [6.07, 6.45) is 24.5. The first-order valence-corrected chi connectivity index (χ1v) is 28.1. The molecule has 10 heteroatoms. The molecule has 0 aliphatic heterocycles. The molecule has 0 aromatic rings. The number of ether oxygens (including phenoxy) is 2. The number of fused-ring (bicyclic) bond motifs is 5. The van der Waals surface area contributed by atoms with Crippen LogP contribution in [0.2, 0.25) is 0 Å². The highest BCUT2D eigenvalue weighted by molar-refractivity contribution is 8.76. The second kappa shape index (κ2) is 24.5. The van der Waals surface area contributed by atoms with Crippen LogP contribution >= 0.6 is 21.6 Å². The van der Waals surface area contributed by atoms with Crippen LogP contribution in [0.4, 0.5) is 9.59 Å². The molecule has 4 aliphatic rings. The van der Waals surface area contributed by atoms with Crippen molar-refractivity contribution in [3.05, 3.63) is 11.6 Å². The van der Waals surface area contributed by atoms with E-state index in [0.717, 1.165) is 86.3 Å². The van der Waals surface area contributed by atoms with E-state index < -0.39 is 17.3 Å². The van der Waals surface area contributed by atoms with E-state index in [2.05, 4.69) is 51.3 Å². The monoisotopic (exact) mass is 928 g/mol. The van der Waals surface area contributed by atoms with Gasteiger partial charge < -0.3 is 25.0 Å². The summed E-state index contributed by atoms with van der Waals surface area (Å²) in [7, 11) is 3.95. The molecule has 8 nitrogen and oxygen atoms in total. The molecule has 0 bridgehead atoms. The van der Waals surface area contributed by atoms with Crippen LogP contribution in [0.15, 0.2) is 11.6 Å². The highest BCUT2D eigenvalue weighted by atomic mass is 33.1. The number of hydrogen-bond donors (Lipinski definition) is 2. The third-order valence-electron chi connectivity index (χ3n) is 15.6. The first-order valence-electron chi connectivity index (χ1n) is 25.7. The van der Waals surface area contributed by atoms with Crippen molar-refractivity contribution in [3.8, 4) is 0 Å². The van der Waals surface area contributed by atoms with Crippen LogP contribution in [0.1, 0.15) is 219 Å². The number of rotatable bonds is 23. The van der Waals surface area contributed by atoms with E-state index in [-0.39, 0.29) is 31.2 Å². The quantitative estimate of drug-likeness (QED) is 0.0598. The van der Waals surface area contributed by atoms with Crippen LogP contribution in [0.25, 0.3) is 0 Å². The summed E-state index contributed by atoms with van der Waals surface area (Å²) < 4.78 is 10.9. The van der Waals surface area contributed by atoms with Crippen molar-refractivity contribution < 1.29 is 31.0 Å². The van der Waals surface area contributed by atoms with Gasteiger partial charge in [-0.25, -0.2) is 9.59 Å². The van der Waals surface area contributed by atoms with Crippen molar-refractivity contribution in [1.82, 2.24) is 15.5 Å². The summed E-state index contributed by atoms with van der Waals surface area (Å²) in [6.45, 7) is 29.3. The van der Waals surface area contributed by atoms with Gasteiger partial charge in [0.25, 0.3) is 0 Å². The lowest BCUT2D eigenvalue weighted by Crippen LogP contribution is -2.50. The second-order valence-electron chi connectivity index (χ2n) is 23.6. The minimum atomic E-state index is -0.551. The van der Waals surface area contributed by atoms with Crippen LogP contribution in [0, 0.1) is 46.3 Å². The molecule has 2 N–H and O–H groups in total. The van der Waals surface area contributed by atoms with E-state index in [1.165, 1.54) is 70.6 Å². The Morgan fingerprint density at radius 3 is 2.05 bits per heavy atom. The molecule has 374 valence electrons. The van der Waals surface area contributed by atoms with Gasteiger partial charge in [-0.3, -0.25) is 4.79 Å². The lowest BCUT2D eigenvalue weighted by Gasteiger charge is -2.58. The molecule has 4 aliphatic carbocycles. The molecule has 3 fully saturated rings. The van der Waals surface area contributed by atoms with Crippen molar-refractivity contribution in [2.24, 2.45) is 46.3 Å². The number of alkyl carbamates (subject to hydrolysis) is 2. The van der Waals surface area contributed by atoms with E-state index in [1.807, 2.05) is 81.9 Å². The average Bonchev–Trinajstić information content (AvgIpc) is 3.52. The van der Waals surface area contributed by atoms with Gasteiger partial charge in [-0.15, -0.1) is 0 Å². The number of carbonyl (C=O) groups is 3. The van der Waals surface area contributed by atoms with Crippen molar-refractivity contribution in [3.63, 3.8) is 0 Å². The number of allylic oxidation sites excluding steroid dienone is 2. The molecule has 0 aromatic carbocycles. The molecule has 0 saturated heterocycles. The van der Waals surface area contributed by atoms with Crippen molar-refractivity contribution >= 4 is 39.7 Å². The van der Waals surface area contributed by atoms with Gasteiger partial charge in [0.15, 0.2) is 0 Å². The van der Waals surface area contributed by atoms with Crippen molar-refractivity contribution in [2.75, 3.05) is 18.8 Å². The fraction of sp³-hybridized carbons (Fsp3) is 0.906. The number of unbranched alkanes of at least 4 members (excludes halogenated alkanes) is 4. The SMILES string of the molecule is CC(C)CCCC(C)C1CCC2[C@@H]3CC=C4C[C@@H](SSCCC(=O)N(CCCCCCCC(C)NC(=O)OC(C)(C)C)CCC(C)NC(=O)OC(C)(C)C)CCC4(C)C3CC[C@]12C.[HH].[HH].[HH].[HH].[HH]. The number of amides is 3. The Kier molecular flexibility index (Phi) is 21.0. The summed E-state index contributed by atoms with van der Waals surface area (Å²) in [5.41, 5.74) is 1.62. The van der Waals surface area contributed by atoms with E-state index in [0.29, 0.717) is 35.5 Å². The zero-order valence-corrected chi connectivity index (χ0v) is 44.3. The van der Waals surface area contributed by atoms with E-state index in [4.69, 9.17) is 9.47 Å². The molecule has 0 aromatic heterocycles. The van der Waals surface area contributed by atoms with Gasteiger partial charge in [0.2, 0.25) is 5.91 Å². The zero-order valence-electron chi connectivity index (χ0n) is 42.6. The Hall–Kier alpha value is -1.55. The Bertz CT molecular complexity index is 1500. The van der Waals surface area contributed by atoms with Crippen LogP contribution in [0.3, 0.4) is 0 Å². The van der Waals surface area contributed by atoms with Gasteiger partial charge in [0.05, 0.1) is 0 Å². The number of nitrogens with one attached hydrogen (secondary N) is 2. The van der Waals surface area contributed by atoms with Crippen LogP contribution in [0.5, 0.6) is 0 Å². The van der Waals surface area contributed by atoms with Gasteiger partial charge in [0, 0.05) is 49.7 Å². The van der Waals surface area contributed by atoms with Gasteiger partial charge in [0.1, 0.15) is 11.2 Å². The topological polar surface area (TPSA) is 97.0 Å². The van der Waals surface area contributed by atoms with Crippen LogP contribution in [-0.2, 0) is 14.3 Å². The number of nitrogens with zero attached hydrogens (tertiary/aromatic N) is 1. The largest absolute Gasteiger partial charge is 0.444 e. The lowest BCUT2D eigenvalue weighted by molar-refractivity contribution is -0.131. The standard InChI is InChI=1S/C53H95N3O5S2.5H2/c1-37(2)20-19-21-38(3)44-25-26-45-43-24-23-41-36-42(27-31-52(41,12)46(43)28-32-53(44,45)13)63-62-35-30-47(57)56(34-29-40(5)55-49(59)61-51(9,10)11)33-18-16-14-15-17-22-39(4)54-48(58)60-50(6,7)8;;;;;/h23,37-40,42-46H,14-22,24-36H2,1-13H3,(H,54,58)(H,55,59);5*1H/t38?,39?,40?,42-,43-,44?,45?,46?,52?,53+;;;;;/m0...../s1. The highest BCUT2D eigenvalue weighted by Gasteiger charge is 2.59. The maximum atomic E-state index is 13.8. The van der Waals surface area contributed by atoms with Gasteiger partial charge in [-0.05, 0) is 172 Å². The highest BCUT2D eigenvalue weighted by Crippen LogP contribution is 2.67. The van der Waals surface area contributed by atoms with E-state index in [9.17, 15) is 14.4 Å². The molecule has 7 unspecified atom stereocenters. The Balaban J connectivity index is 0. The summed E-state index contributed by atoms with van der Waals surface area (Å²) in [4.78, 5) is 40.3. The minimum absolute atomic E-state index is 0. The summed E-state index contributed by atoms with van der Waals surface area (Å²) >= 11 is 0. The maximum absolute atomic E-state index is 13.8. The third kappa shape index (κ3) is 16.9. The van der Waals surface area contributed by atoms with Crippen molar-refractivity contribution in [1.29, 1.82) is 0 Å². The summed E-state index contributed by atoms with van der Waals surface area (Å²) in [6, 6.07) is -0.0264. The predicted molar refractivity (Wildman–Crippen MR) is 279 cm³/mol. The molecule has 0 spiro atoms. The molecule has 0 radical (unpaired) electrons. The Labute approximate surface area is 402 Å². The van der Waals surface area contributed by atoms with Gasteiger partial charge in [-0.1, -0.05) is 113 Å². The molecule has 0 heterocycles. The molecule has 3 amide bonds. The maximum Gasteiger partial charge on any atom is 0.407 e. The fourth-order valence-electron chi connectivity index (χ4n) is 12.3. The predicted octanol–water partition coefficient (Wildman–Crippen LogP) is 15.8. The zero-order chi connectivity index (χ0) is 46.6. The van der Waals surface area contributed by atoms with E-state index in [1.54, 1.807) is 5.57 Å². The first kappa shape index (κ1) is 54.1. The fourth-order valence-corrected chi connectivity index (χ4v) is 14.9. The summed E-state index contributed by atoms with van der Waals surface area (Å²) in [5.74, 6) is 6.27. The summed E-state index contributed by atoms with van der Waals surface area (Å²) in [5, 5.41) is 6.53. The Morgan fingerprint density at radius 2 is 1.40 bits per heavy atom. The Morgan fingerprint density at radius 1 is 0.762 bits per heavy atom. The third-order valence-corrected chi connectivity index (χ3v) is 18.5. The molecule has 3 saturated carbocycles. The minimum Gasteiger partial charge on any atom is -0.444 e. The molecular weight excluding hydrogens is 823 g/mol. The van der Waals surface area contributed by atoms with Crippen LogP contribution < -0.4 is 10.6 Å². The molecular formula is C53H105N3O5S2. The lowest BCUT2D eigenvalue weighted by atomic mass is 9.47. The van der Waals surface area contributed by atoms with Crippen LogP contribution in [-0.4, -0.2) is 70.4 Å². The number of carbonyl (C=O) groups excluding carboxylic acids is 3. The first-order chi connectivity index (χ1) is 29.5. The molecule has 63 heavy (non-hydrogen) atoms. The van der Waals surface area contributed by atoms with Gasteiger partial charge in [-0.2, -0.15) is 0 Å². The molecule has 4 rings (SSSR count). The normalized spacial score (nSPS) is 28.5. The molecule has 10 atom stereocenters. The van der Waals surface area contributed by atoms with Crippen molar-refractivity contribution in [2.45, 2.75) is 241 Å². The average molecular weight is 929 g/mol. The van der Waals surface area contributed by atoms with E-state index >= 15 is 0 Å². The smallest absolute Gasteiger partial charge is 0.407 e. The number of hydrogen-bond acceptors (Lipinski definition) is 7. The second-order valence-corrected chi connectivity index (χ2v) is 26.4. The van der Waals surface area contributed by atoms with Gasteiger partial charge >= 0.3 is 12.2 Å².